The molecule has 3 fully saturated rings. The molecule has 4 unspecified atom stereocenters. The monoisotopic (exact) mass is 528 g/mol. The van der Waals surface area contributed by atoms with Crippen LogP contribution >= 0.6 is 0 Å². The lowest BCUT2D eigenvalue weighted by molar-refractivity contribution is -0.130. The molecule has 2 aromatic rings. The number of hydrogen-bond acceptors (Lipinski definition) is 5. The van der Waals surface area contributed by atoms with E-state index >= 15 is 0 Å². The molecule has 2 aliphatic carbocycles. The number of amides is 1. The molecule has 4 atom stereocenters. The van der Waals surface area contributed by atoms with Crippen LogP contribution < -0.4 is 0 Å². The lowest BCUT2D eigenvalue weighted by Crippen LogP contribution is -2.45. The second-order valence-electron chi connectivity index (χ2n) is 11.8. The molecule has 0 N–H and O–H groups in total. The third kappa shape index (κ3) is 3.78. The zero-order chi connectivity index (χ0) is 25.9. The largest absolute Gasteiger partial charge is 0.409 e. The van der Waals surface area contributed by atoms with Gasteiger partial charge in [-0.05, 0) is 72.5 Å². The number of hydrogen-bond donors (Lipinski definition) is 0. The molecule has 2 heterocycles. The van der Waals surface area contributed by atoms with Crippen molar-refractivity contribution in [1.82, 2.24) is 9.29 Å². The Balaban J connectivity index is 1.50. The molecule has 8 heteroatoms. The van der Waals surface area contributed by atoms with Crippen LogP contribution in [0.1, 0.15) is 72.0 Å². The van der Waals surface area contributed by atoms with Crippen LogP contribution in [0.25, 0.3) is 10.9 Å². The first-order valence-corrected chi connectivity index (χ1v) is 17.7. The van der Waals surface area contributed by atoms with E-state index in [0.29, 0.717) is 5.92 Å². The number of carbonyl (C=O) groups is 1. The van der Waals surface area contributed by atoms with Crippen molar-refractivity contribution in [2.45, 2.75) is 90.6 Å². The second kappa shape index (κ2) is 8.91. The zero-order valence-electron chi connectivity index (χ0n) is 22.3. The van der Waals surface area contributed by atoms with E-state index in [4.69, 9.17) is 4.43 Å². The van der Waals surface area contributed by atoms with Gasteiger partial charge in [0.25, 0.3) is 0 Å². The van der Waals surface area contributed by atoms with Crippen LogP contribution in [-0.2, 0) is 19.2 Å². The molecule has 3 aliphatic rings. The predicted molar refractivity (Wildman–Crippen MR) is 145 cm³/mol. The van der Waals surface area contributed by atoms with Gasteiger partial charge in [0.15, 0.2) is 8.32 Å². The van der Waals surface area contributed by atoms with Crippen LogP contribution in [0, 0.1) is 16.7 Å². The Labute approximate surface area is 217 Å². The van der Waals surface area contributed by atoms with Gasteiger partial charge in [-0.2, -0.15) is 0 Å². The first-order valence-electron chi connectivity index (χ1n) is 13.6. The van der Waals surface area contributed by atoms with Crippen molar-refractivity contribution in [3.8, 4) is 0 Å². The van der Waals surface area contributed by atoms with Crippen LogP contribution in [0.2, 0.25) is 18.1 Å². The highest BCUT2D eigenvalue weighted by atomic mass is 32.2. The van der Waals surface area contributed by atoms with Crippen LogP contribution in [0.5, 0.6) is 0 Å². The maximum absolute atomic E-state index is 14.0. The van der Waals surface area contributed by atoms with Gasteiger partial charge in [0.2, 0.25) is 15.9 Å². The Hall–Kier alpha value is -1.77. The van der Waals surface area contributed by atoms with Gasteiger partial charge < -0.3 is 4.43 Å². The molecule has 1 saturated heterocycles. The molecule has 6 nitrogen and oxygen atoms in total. The Morgan fingerprint density at radius 1 is 1.19 bits per heavy atom. The summed E-state index contributed by atoms with van der Waals surface area (Å²) in [6, 6.07) is 12.6. The average Bonchev–Trinajstić information content (AvgIpc) is 3.34. The first-order chi connectivity index (χ1) is 17.0. The minimum Gasteiger partial charge on any atom is -0.409 e. The van der Waals surface area contributed by atoms with Crippen molar-refractivity contribution in [3.63, 3.8) is 0 Å². The molecule has 0 radical (unpaired) electrons. The normalized spacial score (nSPS) is 29.0. The van der Waals surface area contributed by atoms with Gasteiger partial charge >= 0.3 is 0 Å². The lowest BCUT2D eigenvalue weighted by atomic mass is 9.69. The van der Waals surface area contributed by atoms with Crippen LogP contribution in [0.3, 0.4) is 0 Å². The third-order valence-corrected chi connectivity index (χ3v) is 16.9. The molecule has 1 aromatic heterocycles. The van der Waals surface area contributed by atoms with Gasteiger partial charge in [0.05, 0.1) is 29.8 Å². The van der Waals surface area contributed by atoms with Crippen molar-refractivity contribution in [1.29, 1.82) is 0 Å². The van der Waals surface area contributed by atoms with Crippen LogP contribution in [0.15, 0.2) is 36.5 Å². The van der Waals surface area contributed by atoms with E-state index in [-0.39, 0.29) is 35.0 Å². The minimum absolute atomic E-state index is 0.0530. The summed E-state index contributed by atoms with van der Waals surface area (Å²) in [5.74, 6) is 0.279. The third-order valence-electron chi connectivity index (χ3n) is 10.3. The molecule has 196 valence electrons. The Bertz CT molecular complexity index is 1270. The second-order valence-corrected chi connectivity index (χ2v) is 18.4. The fraction of sp³-hybridized carbons (Fsp3) is 0.643. The number of rotatable bonds is 8. The highest BCUT2D eigenvalue weighted by molar-refractivity contribution is 7.90. The van der Waals surface area contributed by atoms with Crippen LogP contribution in [-0.4, -0.2) is 43.7 Å². The summed E-state index contributed by atoms with van der Waals surface area (Å²) in [5.41, 5.74) is 1.45. The molecule has 1 aromatic carbocycles. The summed E-state index contributed by atoms with van der Waals surface area (Å²) in [6.07, 6.45) is 4.11. The van der Waals surface area contributed by atoms with Gasteiger partial charge in [0, 0.05) is 17.0 Å². The SMILES string of the molecule is CC[Si](CC)(CC)OC(CC(=O)N1C2CC3CCC2(CS1(=O)=O)C3(C)C)c1ccc2ncccc2c1. The number of pyridine rings is 1. The number of fused-ring (bicyclic) bond motifs is 2. The predicted octanol–water partition coefficient (Wildman–Crippen LogP) is 6.05. The van der Waals surface area contributed by atoms with Crippen molar-refractivity contribution in [2.75, 3.05) is 5.75 Å². The molecule has 5 rings (SSSR count). The topological polar surface area (TPSA) is 76.6 Å². The molecule has 1 spiro atoms. The van der Waals surface area contributed by atoms with Gasteiger partial charge in [-0.25, -0.2) is 12.7 Å². The zero-order valence-corrected chi connectivity index (χ0v) is 24.1. The summed E-state index contributed by atoms with van der Waals surface area (Å²) in [6.45, 7) is 11.0. The maximum Gasteiger partial charge on any atom is 0.239 e. The minimum atomic E-state index is -3.65. The Kier molecular flexibility index (Phi) is 6.40. The van der Waals surface area contributed by atoms with E-state index in [1.54, 1.807) is 6.20 Å². The van der Waals surface area contributed by atoms with Gasteiger partial charge in [-0.15, -0.1) is 0 Å². The van der Waals surface area contributed by atoms with Crippen LogP contribution in [0.4, 0.5) is 0 Å². The molecule has 36 heavy (non-hydrogen) atoms. The summed E-state index contributed by atoms with van der Waals surface area (Å²) in [7, 11) is -5.73. The average molecular weight is 529 g/mol. The summed E-state index contributed by atoms with van der Waals surface area (Å²) in [4.78, 5) is 18.4. The lowest BCUT2D eigenvalue weighted by Gasteiger charge is -2.37. The molecular weight excluding hydrogens is 488 g/mol. The number of sulfonamides is 1. The number of nitrogens with zero attached hydrogens (tertiary/aromatic N) is 2. The molecule has 2 bridgehead atoms. The fourth-order valence-corrected chi connectivity index (χ4v) is 13.1. The summed E-state index contributed by atoms with van der Waals surface area (Å²) >= 11 is 0. The molecule has 1 amide bonds. The number of aromatic nitrogens is 1. The molecule has 1 aliphatic heterocycles. The smallest absolute Gasteiger partial charge is 0.239 e. The fourth-order valence-electron chi connectivity index (χ4n) is 7.69. The van der Waals surface area contributed by atoms with E-state index in [1.165, 1.54) is 4.31 Å². The Morgan fingerprint density at radius 3 is 2.58 bits per heavy atom. The van der Waals surface area contributed by atoms with E-state index in [9.17, 15) is 13.2 Å². The number of benzene rings is 1. The van der Waals surface area contributed by atoms with Crippen molar-refractivity contribution >= 4 is 35.2 Å². The highest BCUT2D eigenvalue weighted by Gasteiger charge is 2.72. The van der Waals surface area contributed by atoms with E-state index < -0.39 is 24.4 Å². The molecule has 2 saturated carbocycles. The van der Waals surface area contributed by atoms with Gasteiger partial charge in [-0.3, -0.25) is 9.78 Å². The summed E-state index contributed by atoms with van der Waals surface area (Å²) < 4.78 is 35.2. The van der Waals surface area contributed by atoms with Gasteiger partial charge in [0.1, 0.15) is 0 Å². The van der Waals surface area contributed by atoms with Crippen molar-refractivity contribution < 1.29 is 17.6 Å². The van der Waals surface area contributed by atoms with E-state index in [1.807, 2.05) is 24.3 Å². The maximum atomic E-state index is 14.0. The summed E-state index contributed by atoms with van der Waals surface area (Å²) in [5, 5.41) is 0.996. The number of carbonyl (C=O) groups excluding carboxylic acids is 1. The van der Waals surface area contributed by atoms with Gasteiger partial charge in [-0.1, -0.05) is 46.8 Å². The van der Waals surface area contributed by atoms with E-state index in [0.717, 1.165) is 53.9 Å². The quantitative estimate of drug-likeness (QED) is 0.390. The Morgan fingerprint density at radius 2 is 1.92 bits per heavy atom. The first kappa shape index (κ1) is 25.9. The standard InChI is InChI=1S/C28H40N2O4SSi/c1-6-36(7-2,8-3)34-24(21-11-12-23-20(16-21)10-9-15-29-23)18-26(31)30-25-17-22-13-14-28(25,27(22,4)5)19-35(30,32)33/h9-12,15-16,22,24-25H,6-8,13-14,17-19H2,1-5H3. The van der Waals surface area contributed by atoms with Crippen molar-refractivity contribution in [2.24, 2.45) is 16.7 Å². The van der Waals surface area contributed by atoms with E-state index in [2.05, 4.69) is 45.7 Å². The highest BCUT2D eigenvalue weighted by Crippen LogP contribution is 2.70. The van der Waals surface area contributed by atoms with Crippen molar-refractivity contribution in [3.05, 3.63) is 42.1 Å². The molecular formula is C28H40N2O4SSi.